The molecule has 6 nitrogen and oxygen atoms in total. The van der Waals surface area contributed by atoms with Crippen LogP contribution in [0.4, 0.5) is 26.0 Å². The van der Waals surface area contributed by atoms with E-state index in [-0.39, 0.29) is 11.3 Å². The monoisotopic (exact) mass is 383 g/mol. The normalized spacial score (nSPS) is 10.2. The fraction of sp³-hybridized carbons (Fsp3) is 0.0500. The number of hydrogen-bond donors (Lipinski definition) is 2. The van der Waals surface area contributed by atoms with Gasteiger partial charge in [0.25, 0.3) is 5.91 Å². The number of carbonyl (C=O) groups is 2. The highest BCUT2D eigenvalue weighted by molar-refractivity contribution is 6.04. The third-order valence-corrected chi connectivity index (χ3v) is 3.78. The van der Waals surface area contributed by atoms with E-state index in [9.17, 15) is 18.4 Å². The van der Waals surface area contributed by atoms with E-state index in [1.54, 1.807) is 30.3 Å². The second kappa shape index (κ2) is 8.26. The van der Waals surface area contributed by atoms with Crippen molar-refractivity contribution >= 4 is 29.1 Å². The van der Waals surface area contributed by atoms with Crippen LogP contribution in [0.25, 0.3) is 0 Å². The van der Waals surface area contributed by atoms with Gasteiger partial charge in [0.1, 0.15) is 5.82 Å². The fourth-order valence-electron chi connectivity index (χ4n) is 2.33. The number of esters is 1. The van der Waals surface area contributed by atoms with E-state index >= 15 is 0 Å². The maximum Gasteiger partial charge on any atom is 0.337 e. The first-order valence-electron chi connectivity index (χ1n) is 8.14. The largest absolute Gasteiger partial charge is 0.465 e. The Hall–Kier alpha value is -3.81. The SMILES string of the molecule is COC(=O)c1ccc(Nc2ccc(C(=O)Nc3ccc(F)c(F)c3)cn2)cc1. The lowest BCUT2D eigenvalue weighted by molar-refractivity contribution is 0.0600. The van der Waals surface area contributed by atoms with Crippen LogP contribution in [-0.4, -0.2) is 24.0 Å². The highest BCUT2D eigenvalue weighted by Crippen LogP contribution is 2.17. The highest BCUT2D eigenvalue weighted by atomic mass is 19.2. The third-order valence-electron chi connectivity index (χ3n) is 3.78. The van der Waals surface area contributed by atoms with Crippen molar-refractivity contribution in [3.05, 3.63) is 83.6 Å². The van der Waals surface area contributed by atoms with Crippen molar-refractivity contribution in [2.45, 2.75) is 0 Å². The highest BCUT2D eigenvalue weighted by Gasteiger charge is 2.10. The number of pyridine rings is 1. The lowest BCUT2D eigenvalue weighted by Gasteiger charge is -2.08. The molecule has 0 aliphatic heterocycles. The first-order chi connectivity index (χ1) is 13.5. The molecule has 28 heavy (non-hydrogen) atoms. The maximum absolute atomic E-state index is 13.2. The smallest absolute Gasteiger partial charge is 0.337 e. The molecule has 142 valence electrons. The van der Waals surface area contributed by atoms with Crippen molar-refractivity contribution in [3.8, 4) is 0 Å². The number of amides is 1. The van der Waals surface area contributed by atoms with Crippen molar-refractivity contribution in [3.63, 3.8) is 0 Å². The third kappa shape index (κ3) is 4.47. The minimum Gasteiger partial charge on any atom is -0.465 e. The van der Waals surface area contributed by atoms with Gasteiger partial charge in [0, 0.05) is 23.6 Å². The number of ether oxygens (including phenoxy) is 1. The van der Waals surface area contributed by atoms with Crippen LogP contribution in [0, 0.1) is 11.6 Å². The fourth-order valence-corrected chi connectivity index (χ4v) is 2.33. The molecular weight excluding hydrogens is 368 g/mol. The number of anilines is 3. The molecule has 0 saturated heterocycles. The minimum atomic E-state index is -1.05. The number of hydrogen-bond acceptors (Lipinski definition) is 5. The van der Waals surface area contributed by atoms with Gasteiger partial charge in [-0.05, 0) is 48.5 Å². The number of benzene rings is 2. The van der Waals surface area contributed by atoms with Gasteiger partial charge < -0.3 is 15.4 Å². The molecule has 0 bridgehead atoms. The molecular formula is C20H15F2N3O3. The van der Waals surface area contributed by atoms with Gasteiger partial charge in [-0.1, -0.05) is 0 Å². The zero-order valence-electron chi connectivity index (χ0n) is 14.7. The summed E-state index contributed by atoms with van der Waals surface area (Å²) < 4.78 is 30.8. The summed E-state index contributed by atoms with van der Waals surface area (Å²) in [7, 11) is 1.31. The topological polar surface area (TPSA) is 80.3 Å². The van der Waals surface area contributed by atoms with E-state index in [1.165, 1.54) is 25.4 Å². The van der Waals surface area contributed by atoms with E-state index in [4.69, 9.17) is 0 Å². The van der Waals surface area contributed by atoms with Crippen LogP contribution in [0.2, 0.25) is 0 Å². The van der Waals surface area contributed by atoms with Gasteiger partial charge in [-0.15, -0.1) is 0 Å². The summed E-state index contributed by atoms with van der Waals surface area (Å²) in [4.78, 5) is 27.7. The van der Waals surface area contributed by atoms with Crippen LogP contribution in [0.1, 0.15) is 20.7 Å². The summed E-state index contributed by atoms with van der Waals surface area (Å²) in [6, 6.07) is 12.8. The van der Waals surface area contributed by atoms with Gasteiger partial charge in [-0.25, -0.2) is 18.6 Å². The predicted octanol–water partition coefficient (Wildman–Crippen LogP) is 4.14. The first-order valence-corrected chi connectivity index (χ1v) is 8.14. The zero-order chi connectivity index (χ0) is 20.1. The Morgan fingerprint density at radius 1 is 0.893 bits per heavy atom. The van der Waals surface area contributed by atoms with E-state index in [0.29, 0.717) is 17.1 Å². The van der Waals surface area contributed by atoms with Gasteiger partial charge in [-0.3, -0.25) is 4.79 Å². The van der Waals surface area contributed by atoms with Gasteiger partial charge in [0.05, 0.1) is 18.2 Å². The molecule has 0 unspecified atom stereocenters. The quantitative estimate of drug-likeness (QED) is 0.647. The van der Waals surface area contributed by atoms with Crippen LogP contribution in [-0.2, 0) is 4.74 Å². The number of carbonyl (C=O) groups excluding carboxylic acids is 2. The Labute approximate surface area is 159 Å². The number of aromatic nitrogens is 1. The number of nitrogens with zero attached hydrogens (tertiary/aromatic N) is 1. The molecule has 0 atom stereocenters. The number of nitrogens with one attached hydrogen (secondary N) is 2. The molecule has 2 aromatic carbocycles. The van der Waals surface area contributed by atoms with Gasteiger partial charge >= 0.3 is 5.97 Å². The van der Waals surface area contributed by atoms with Gasteiger partial charge in [-0.2, -0.15) is 0 Å². The van der Waals surface area contributed by atoms with Crippen molar-refractivity contribution in [2.24, 2.45) is 0 Å². The molecule has 0 radical (unpaired) electrons. The molecule has 2 N–H and O–H groups in total. The Balaban J connectivity index is 1.64. The summed E-state index contributed by atoms with van der Waals surface area (Å²) >= 11 is 0. The molecule has 3 rings (SSSR count). The molecule has 8 heteroatoms. The molecule has 0 spiro atoms. The maximum atomic E-state index is 13.2. The molecule has 0 saturated carbocycles. The first kappa shape index (κ1) is 19.0. The molecule has 0 aliphatic carbocycles. The predicted molar refractivity (Wildman–Crippen MR) is 99.6 cm³/mol. The molecule has 3 aromatic rings. The van der Waals surface area contributed by atoms with Crippen molar-refractivity contribution < 1.29 is 23.1 Å². The summed E-state index contributed by atoms with van der Waals surface area (Å²) in [5.41, 5.74) is 1.50. The second-order valence-electron chi connectivity index (χ2n) is 5.71. The second-order valence-corrected chi connectivity index (χ2v) is 5.71. The number of rotatable bonds is 5. The Morgan fingerprint density at radius 2 is 1.57 bits per heavy atom. The van der Waals surface area contributed by atoms with Crippen LogP contribution in [0.3, 0.4) is 0 Å². The van der Waals surface area contributed by atoms with E-state index < -0.39 is 23.5 Å². The summed E-state index contributed by atoms with van der Waals surface area (Å²) in [6.45, 7) is 0. The summed E-state index contributed by atoms with van der Waals surface area (Å²) in [5, 5.41) is 5.50. The van der Waals surface area contributed by atoms with Gasteiger partial charge in [0.2, 0.25) is 0 Å². The van der Waals surface area contributed by atoms with Crippen LogP contribution in [0.15, 0.2) is 60.8 Å². The average Bonchev–Trinajstić information content (AvgIpc) is 2.71. The zero-order valence-corrected chi connectivity index (χ0v) is 14.7. The molecule has 0 fully saturated rings. The molecule has 0 aliphatic rings. The van der Waals surface area contributed by atoms with E-state index in [0.717, 1.165) is 12.1 Å². The summed E-state index contributed by atoms with van der Waals surface area (Å²) in [5.74, 6) is -2.49. The van der Waals surface area contributed by atoms with Crippen molar-refractivity contribution in [1.82, 2.24) is 4.98 Å². The lowest BCUT2D eigenvalue weighted by Crippen LogP contribution is -2.12. The lowest BCUT2D eigenvalue weighted by atomic mass is 10.2. The molecule has 1 aromatic heterocycles. The van der Waals surface area contributed by atoms with Crippen LogP contribution >= 0.6 is 0 Å². The van der Waals surface area contributed by atoms with Crippen molar-refractivity contribution in [2.75, 3.05) is 17.7 Å². The summed E-state index contributed by atoms with van der Waals surface area (Å²) in [6.07, 6.45) is 1.35. The van der Waals surface area contributed by atoms with Crippen LogP contribution in [0.5, 0.6) is 0 Å². The Kier molecular flexibility index (Phi) is 5.59. The average molecular weight is 383 g/mol. The van der Waals surface area contributed by atoms with E-state index in [1.807, 2.05) is 0 Å². The minimum absolute atomic E-state index is 0.136. The van der Waals surface area contributed by atoms with E-state index in [2.05, 4.69) is 20.4 Å². The Morgan fingerprint density at radius 3 is 2.18 bits per heavy atom. The van der Waals surface area contributed by atoms with Gasteiger partial charge in [0.15, 0.2) is 11.6 Å². The molecule has 1 heterocycles. The Bertz CT molecular complexity index is 1010. The molecule has 1 amide bonds. The number of methoxy groups -OCH3 is 1. The van der Waals surface area contributed by atoms with Crippen LogP contribution < -0.4 is 10.6 Å². The van der Waals surface area contributed by atoms with Crippen molar-refractivity contribution in [1.29, 1.82) is 0 Å². The number of halogens is 2. The standard InChI is InChI=1S/C20H15F2N3O3/c1-28-20(27)12-2-5-14(6-3-12)24-18-9-4-13(11-23-18)19(26)25-15-7-8-16(21)17(22)10-15/h2-11H,1H3,(H,23,24)(H,25,26).